The lowest BCUT2D eigenvalue weighted by atomic mass is 9.83. The summed E-state index contributed by atoms with van der Waals surface area (Å²) in [6.07, 6.45) is 3.53. The van der Waals surface area contributed by atoms with Gasteiger partial charge < -0.3 is 4.90 Å². The van der Waals surface area contributed by atoms with Crippen LogP contribution in [-0.2, 0) is 12.8 Å². The topological polar surface area (TPSA) is 3.24 Å². The minimum absolute atomic E-state index is 0.597. The molecular weight excluding hydrogens is 278 g/mol. The molecule has 1 aliphatic rings. The second kappa shape index (κ2) is 6.78. The van der Waals surface area contributed by atoms with E-state index in [9.17, 15) is 0 Å². The van der Waals surface area contributed by atoms with E-state index >= 15 is 0 Å². The molecule has 0 spiro atoms. The first-order chi connectivity index (χ1) is 11.1. The fourth-order valence-electron chi connectivity index (χ4n) is 3.70. The molecule has 23 heavy (non-hydrogen) atoms. The smallest absolute Gasteiger partial charge is 0.0431 e. The summed E-state index contributed by atoms with van der Waals surface area (Å²) in [6, 6.07) is 15.8. The highest BCUT2D eigenvalue weighted by molar-refractivity contribution is 5.63. The highest BCUT2D eigenvalue weighted by atomic mass is 15.1. The maximum Gasteiger partial charge on any atom is 0.0431 e. The molecule has 1 nitrogen and oxygen atoms in total. The van der Waals surface area contributed by atoms with Crippen LogP contribution in [0.4, 0.5) is 5.69 Å². The molecule has 0 bridgehead atoms. The Balaban J connectivity index is 2.03. The molecule has 1 unspecified atom stereocenters. The minimum Gasteiger partial charge on any atom is -0.374 e. The molecule has 0 fully saturated rings. The summed E-state index contributed by atoms with van der Waals surface area (Å²) < 4.78 is 0. The van der Waals surface area contributed by atoms with E-state index in [-0.39, 0.29) is 0 Å². The number of anilines is 1. The van der Waals surface area contributed by atoms with Crippen LogP contribution in [0.1, 0.15) is 55.4 Å². The van der Waals surface area contributed by atoms with Crippen LogP contribution < -0.4 is 4.90 Å². The maximum atomic E-state index is 2.47. The third-order valence-electron chi connectivity index (χ3n) is 5.34. The summed E-state index contributed by atoms with van der Waals surface area (Å²) in [6.45, 7) is 8.24. The average Bonchev–Trinajstić information content (AvgIpc) is 2.54. The zero-order valence-corrected chi connectivity index (χ0v) is 15.0. The van der Waals surface area contributed by atoms with Crippen molar-refractivity contribution in [1.29, 1.82) is 0 Å². The van der Waals surface area contributed by atoms with Crippen LogP contribution in [-0.4, -0.2) is 13.6 Å². The van der Waals surface area contributed by atoms with Gasteiger partial charge in [0.15, 0.2) is 0 Å². The Bertz CT molecular complexity index is 657. The minimum atomic E-state index is 0.597. The molecule has 1 heterocycles. The molecule has 0 saturated heterocycles. The predicted molar refractivity (Wildman–Crippen MR) is 101 cm³/mol. The van der Waals surface area contributed by atoms with E-state index < -0.39 is 0 Å². The maximum absolute atomic E-state index is 2.47. The van der Waals surface area contributed by atoms with Gasteiger partial charge in [0, 0.05) is 19.3 Å². The Hall–Kier alpha value is -1.76. The Morgan fingerprint density at radius 3 is 2.43 bits per heavy atom. The van der Waals surface area contributed by atoms with E-state index in [4.69, 9.17) is 0 Å². The number of benzene rings is 2. The van der Waals surface area contributed by atoms with Crippen molar-refractivity contribution in [2.75, 3.05) is 18.5 Å². The Morgan fingerprint density at radius 2 is 1.74 bits per heavy atom. The van der Waals surface area contributed by atoms with Gasteiger partial charge in [-0.15, -0.1) is 0 Å². The molecule has 2 aromatic rings. The van der Waals surface area contributed by atoms with Gasteiger partial charge in [-0.1, -0.05) is 63.2 Å². The molecule has 0 radical (unpaired) electrons. The molecule has 0 saturated carbocycles. The molecule has 1 aliphatic heterocycles. The molecular formula is C22H29N. The second-order valence-electron chi connectivity index (χ2n) is 7.41. The molecule has 1 heteroatoms. The van der Waals surface area contributed by atoms with Crippen LogP contribution in [0.15, 0.2) is 42.5 Å². The van der Waals surface area contributed by atoms with E-state index in [1.165, 1.54) is 36.2 Å². The third kappa shape index (κ3) is 3.44. The molecule has 3 rings (SSSR count). The van der Waals surface area contributed by atoms with Crippen molar-refractivity contribution in [2.45, 2.75) is 46.0 Å². The van der Waals surface area contributed by atoms with Gasteiger partial charge in [-0.2, -0.15) is 0 Å². The van der Waals surface area contributed by atoms with Crippen LogP contribution in [0.2, 0.25) is 0 Å². The highest BCUT2D eigenvalue weighted by Gasteiger charge is 2.23. The lowest BCUT2D eigenvalue weighted by molar-refractivity contribution is 0.532. The highest BCUT2D eigenvalue weighted by Crippen LogP contribution is 2.38. The number of hydrogen-bond acceptors (Lipinski definition) is 1. The summed E-state index contributed by atoms with van der Waals surface area (Å²) in [7, 11) is 2.26. The zero-order valence-electron chi connectivity index (χ0n) is 15.0. The number of nitrogens with zero attached hydrogens (tertiary/aromatic N) is 1. The van der Waals surface area contributed by atoms with Gasteiger partial charge in [-0.05, 0) is 53.4 Å². The number of hydrogen-bond donors (Lipinski definition) is 0. The Kier molecular flexibility index (Phi) is 4.75. The van der Waals surface area contributed by atoms with Crippen molar-refractivity contribution in [3.8, 4) is 0 Å². The molecule has 1 atom stereocenters. The summed E-state index contributed by atoms with van der Waals surface area (Å²) >= 11 is 0. The quantitative estimate of drug-likeness (QED) is 0.729. The van der Waals surface area contributed by atoms with Crippen molar-refractivity contribution in [1.82, 2.24) is 0 Å². The standard InChI is InChI=1S/C22H29N/c1-16(2)17(3)21-15-19(13-18-9-6-5-7-10-18)14-20-11-8-12-23(4)22(20)21/h5-7,9-10,14-17H,8,11-13H2,1-4H3. The van der Waals surface area contributed by atoms with Crippen LogP contribution in [0, 0.1) is 5.92 Å². The Labute approximate surface area is 141 Å². The van der Waals surface area contributed by atoms with Gasteiger partial charge in [0.05, 0.1) is 0 Å². The van der Waals surface area contributed by atoms with Gasteiger partial charge in [0.25, 0.3) is 0 Å². The predicted octanol–water partition coefficient (Wildman–Crippen LogP) is 5.42. The summed E-state index contributed by atoms with van der Waals surface area (Å²) in [5.41, 5.74) is 7.47. The normalized spacial score (nSPS) is 15.6. The van der Waals surface area contributed by atoms with Crippen molar-refractivity contribution >= 4 is 5.69 Å². The molecule has 0 N–H and O–H groups in total. The van der Waals surface area contributed by atoms with Gasteiger partial charge in [-0.25, -0.2) is 0 Å². The largest absolute Gasteiger partial charge is 0.374 e. The molecule has 0 aliphatic carbocycles. The SMILES string of the molecule is CC(C)C(C)c1cc(Cc2ccccc2)cc2c1N(C)CCC2. The number of rotatable bonds is 4. The lowest BCUT2D eigenvalue weighted by Gasteiger charge is -2.33. The van der Waals surface area contributed by atoms with Crippen molar-refractivity contribution in [3.05, 3.63) is 64.7 Å². The van der Waals surface area contributed by atoms with Gasteiger partial charge in [0.1, 0.15) is 0 Å². The van der Waals surface area contributed by atoms with Gasteiger partial charge in [0.2, 0.25) is 0 Å². The summed E-state index contributed by atoms with van der Waals surface area (Å²) in [4.78, 5) is 2.47. The number of aryl methyl sites for hydroxylation is 1. The van der Waals surface area contributed by atoms with E-state index in [1.54, 1.807) is 11.1 Å². The second-order valence-corrected chi connectivity index (χ2v) is 7.41. The van der Waals surface area contributed by atoms with Crippen molar-refractivity contribution in [2.24, 2.45) is 5.92 Å². The summed E-state index contributed by atoms with van der Waals surface area (Å²) in [5.74, 6) is 1.27. The van der Waals surface area contributed by atoms with Crippen LogP contribution in [0.5, 0.6) is 0 Å². The number of fused-ring (bicyclic) bond motifs is 1. The first-order valence-electron chi connectivity index (χ1n) is 8.97. The van der Waals surface area contributed by atoms with Crippen molar-refractivity contribution in [3.63, 3.8) is 0 Å². The van der Waals surface area contributed by atoms with E-state index in [1.807, 2.05) is 0 Å². The van der Waals surface area contributed by atoms with Crippen LogP contribution in [0.3, 0.4) is 0 Å². The molecule has 0 aromatic heterocycles. The lowest BCUT2D eigenvalue weighted by Crippen LogP contribution is -2.27. The van der Waals surface area contributed by atoms with E-state index in [0.29, 0.717) is 11.8 Å². The van der Waals surface area contributed by atoms with E-state index in [2.05, 4.69) is 75.2 Å². The van der Waals surface area contributed by atoms with Crippen molar-refractivity contribution < 1.29 is 0 Å². The van der Waals surface area contributed by atoms with Crippen LogP contribution in [0.25, 0.3) is 0 Å². The first-order valence-corrected chi connectivity index (χ1v) is 8.97. The van der Waals surface area contributed by atoms with Gasteiger partial charge >= 0.3 is 0 Å². The molecule has 0 amide bonds. The molecule has 122 valence electrons. The zero-order chi connectivity index (χ0) is 16.4. The molecule has 2 aromatic carbocycles. The fourth-order valence-corrected chi connectivity index (χ4v) is 3.70. The third-order valence-corrected chi connectivity index (χ3v) is 5.34. The van der Waals surface area contributed by atoms with Crippen LogP contribution >= 0.6 is 0 Å². The van der Waals surface area contributed by atoms with E-state index in [0.717, 1.165) is 6.42 Å². The first kappa shape index (κ1) is 16.1. The monoisotopic (exact) mass is 307 g/mol. The average molecular weight is 307 g/mol. The fraction of sp³-hybridized carbons (Fsp3) is 0.455. The Morgan fingerprint density at radius 1 is 1.00 bits per heavy atom. The summed E-state index contributed by atoms with van der Waals surface area (Å²) in [5, 5.41) is 0. The van der Waals surface area contributed by atoms with Gasteiger partial charge in [-0.3, -0.25) is 0 Å².